The number of carbonyl (C=O) groups excluding carboxylic acids is 1. The number of rotatable bonds is 5. The second kappa shape index (κ2) is 6.64. The van der Waals surface area contributed by atoms with Gasteiger partial charge in [-0.15, -0.1) is 0 Å². The third-order valence-electron chi connectivity index (χ3n) is 2.12. The molecule has 0 aliphatic heterocycles. The van der Waals surface area contributed by atoms with Gasteiger partial charge in [0.1, 0.15) is 11.4 Å². The second-order valence-electron chi connectivity index (χ2n) is 3.79. The van der Waals surface area contributed by atoms with Crippen LogP contribution in [0.4, 0.5) is 5.69 Å². The first-order valence-corrected chi connectivity index (χ1v) is 5.64. The average Bonchev–Trinajstić information content (AvgIpc) is 2.36. The first-order chi connectivity index (χ1) is 8.60. The predicted molar refractivity (Wildman–Crippen MR) is 70.8 cm³/mol. The highest BCUT2D eigenvalue weighted by atomic mass is 16.5. The molecular formula is C13H18N2O3. The molecule has 0 saturated carbocycles. The van der Waals surface area contributed by atoms with Crippen molar-refractivity contribution in [3.05, 3.63) is 23.8 Å². The van der Waals surface area contributed by atoms with Crippen molar-refractivity contribution in [2.75, 3.05) is 27.8 Å². The smallest absolute Gasteiger partial charge is 0.340 e. The minimum absolute atomic E-state index is 0.390. The van der Waals surface area contributed by atoms with Gasteiger partial charge in [-0.2, -0.15) is 0 Å². The van der Waals surface area contributed by atoms with Crippen molar-refractivity contribution >= 4 is 18.0 Å². The summed E-state index contributed by atoms with van der Waals surface area (Å²) < 4.78 is 10.2. The Labute approximate surface area is 107 Å². The number of hydrogen-bond donors (Lipinski definition) is 0. The molecule has 0 N–H and O–H groups in total. The number of benzene rings is 1. The number of esters is 1. The van der Waals surface area contributed by atoms with Gasteiger partial charge < -0.3 is 14.4 Å². The number of para-hydroxylation sites is 1. The number of methoxy groups -OCH3 is 1. The van der Waals surface area contributed by atoms with Crippen LogP contribution in [0.15, 0.2) is 23.2 Å². The lowest BCUT2D eigenvalue weighted by atomic mass is 10.1. The van der Waals surface area contributed by atoms with E-state index in [1.807, 2.05) is 21.0 Å². The van der Waals surface area contributed by atoms with E-state index in [4.69, 9.17) is 9.47 Å². The third-order valence-corrected chi connectivity index (χ3v) is 2.12. The number of hydrogen-bond acceptors (Lipinski definition) is 4. The molecule has 18 heavy (non-hydrogen) atoms. The molecule has 0 aliphatic carbocycles. The van der Waals surface area contributed by atoms with Gasteiger partial charge in [0.2, 0.25) is 0 Å². The molecular weight excluding hydrogens is 232 g/mol. The van der Waals surface area contributed by atoms with E-state index in [0.29, 0.717) is 23.6 Å². The lowest BCUT2D eigenvalue weighted by Crippen LogP contribution is -2.08. The van der Waals surface area contributed by atoms with Gasteiger partial charge >= 0.3 is 5.97 Å². The Morgan fingerprint density at radius 3 is 2.72 bits per heavy atom. The van der Waals surface area contributed by atoms with Crippen molar-refractivity contribution in [1.82, 2.24) is 4.90 Å². The highest BCUT2D eigenvalue weighted by Gasteiger charge is 2.15. The van der Waals surface area contributed by atoms with Crippen LogP contribution >= 0.6 is 0 Å². The summed E-state index contributed by atoms with van der Waals surface area (Å²) in [5.74, 6) is 0.140. The Kier molecular flexibility index (Phi) is 5.17. The fraction of sp³-hybridized carbons (Fsp3) is 0.385. The van der Waals surface area contributed by atoms with Crippen molar-refractivity contribution in [2.45, 2.75) is 6.92 Å². The Hall–Kier alpha value is -2.04. The number of nitrogens with zero attached hydrogens (tertiary/aromatic N) is 2. The molecule has 5 heteroatoms. The molecule has 0 amide bonds. The zero-order chi connectivity index (χ0) is 13.5. The predicted octanol–water partition coefficient (Wildman–Crippen LogP) is 2.09. The fourth-order valence-electron chi connectivity index (χ4n) is 1.38. The van der Waals surface area contributed by atoms with Crippen LogP contribution in [-0.4, -0.2) is 45.0 Å². The van der Waals surface area contributed by atoms with E-state index in [2.05, 4.69) is 4.99 Å². The maximum atomic E-state index is 11.7. The summed E-state index contributed by atoms with van der Waals surface area (Å²) in [6, 6.07) is 5.18. The molecule has 0 fully saturated rings. The van der Waals surface area contributed by atoms with Crippen LogP contribution in [0.2, 0.25) is 0 Å². The van der Waals surface area contributed by atoms with E-state index in [-0.39, 0.29) is 0 Å². The van der Waals surface area contributed by atoms with E-state index in [9.17, 15) is 4.79 Å². The zero-order valence-electron chi connectivity index (χ0n) is 11.1. The number of ether oxygens (including phenoxy) is 2. The lowest BCUT2D eigenvalue weighted by Gasteiger charge is -2.11. The van der Waals surface area contributed by atoms with Gasteiger partial charge in [0.05, 0.1) is 25.6 Å². The number of carbonyl (C=O) groups is 1. The first-order valence-electron chi connectivity index (χ1n) is 5.64. The molecule has 0 saturated heterocycles. The molecule has 0 atom stereocenters. The first kappa shape index (κ1) is 14.0. The Bertz CT molecular complexity index is 442. The molecule has 0 bridgehead atoms. The Morgan fingerprint density at radius 2 is 2.17 bits per heavy atom. The van der Waals surface area contributed by atoms with Crippen molar-refractivity contribution in [2.24, 2.45) is 4.99 Å². The molecule has 0 aromatic heterocycles. The average molecular weight is 250 g/mol. The van der Waals surface area contributed by atoms with E-state index >= 15 is 0 Å². The van der Waals surface area contributed by atoms with Crippen LogP contribution in [0.25, 0.3) is 0 Å². The van der Waals surface area contributed by atoms with Crippen LogP contribution in [0.1, 0.15) is 17.3 Å². The highest BCUT2D eigenvalue weighted by Crippen LogP contribution is 2.31. The fourth-order valence-corrected chi connectivity index (χ4v) is 1.38. The molecule has 5 nitrogen and oxygen atoms in total. The van der Waals surface area contributed by atoms with Gasteiger partial charge in [-0.3, -0.25) is 0 Å². The summed E-state index contributed by atoms with van der Waals surface area (Å²) >= 11 is 0. The van der Waals surface area contributed by atoms with Gasteiger partial charge in [-0.25, -0.2) is 9.79 Å². The molecule has 1 aromatic carbocycles. The molecule has 1 aromatic rings. The minimum atomic E-state index is -0.428. The minimum Gasteiger partial charge on any atom is -0.492 e. The van der Waals surface area contributed by atoms with Crippen LogP contribution in [-0.2, 0) is 4.74 Å². The van der Waals surface area contributed by atoms with Crippen LogP contribution in [0, 0.1) is 0 Å². The third kappa shape index (κ3) is 3.48. The van der Waals surface area contributed by atoms with Gasteiger partial charge in [-0.1, -0.05) is 6.07 Å². The van der Waals surface area contributed by atoms with Gasteiger partial charge in [0, 0.05) is 14.1 Å². The molecule has 0 spiro atoms. The normalized spacial score (nSPS) is 10.4. The largest absolute Gasteiger partial charge is 0.492 e. The monoisotopic (exact) mass is 250 g/mol. The molecule has 1 rings (SSSR count). The summed E-state index contributed by atoms with van der Waals surface area (Å²) in [7, 11) is 5.05. The topological polar surface area (TPSA) is 51.1 Å². The second-order valence-corrected chi connectivity index (χ2v) is 3.79. The quantitative estimate of drug-likeness (QED) is 0.456. The summed E-state index contributed by atoms with van der Waals surface area (Å²) in [6.07, 6.45) is 1.62. The lowest BCUT2D eigenvalue weighted by molar-refractivity contribution is 0.0601. The molecule has 0 unspecified atom stereocenters. The number of aliphatic imine (C=N–C) groups is 1. The van der Waals surface area contributed by atoms with Crippen LogP contribution in [0.3, 0.4) is 0 Å². The van der Waals surface area contributed by atoms with Crippen LogP contribution in [0.5, 0.6) is 5.75 Å². The molecule has 0 heterocycles. The molecule has 98 valence electrons. The van der Waals surface area contributed by atoms with E-state index < -0.39 is 5.97 Å². The zero-order valence-corrected chi connectivity index (χ0v) is 11.1. The van der Waals surface area contributed by atoms with E-state index in [0.717, 1.165) is 0 Å². The summed E-state index contributed by atoms with van der Waals surface area (Å²) in [6.45, 7) is 2.39. The van der Waals surface area contributed by atoms with Crippen molar-refractivity contribution in [3.8, 4) is 5.75 Å². The van der Waals surface area contributed by atoms with E-state index in [1.165, 1.54) is 7.11 Å². The summed E-state index contributed by atoms with van der Waals surface area (Å²) in [4.78, 5) is 17.7. The van der Waals surface area contributed by atoms with Crippen LogP contribution < -0.4 is 4.74 Å². The molecule has 0 aliphatic rings. The SMILES string of the molecule is CCOc1cccc(C(=O)OC)c1N=CN(C)C. The highest BCUT2D eigenvalue weighted by molar-refractivity contribution is 5.97. The molecule has 0 radical (unpaired) electrons. The van der Waals surface area contributed by atoms with Gasteiger partial charge in [0.25, 0.3) is 0 Å². The Balaban J connectivity index is 3.24. The van der Waals surface area contributed by atoms with Crippen molar-refractivity contribution < 1.29 is 14.3 Å². The maximum Gasteiger partial charge on any atom is 0.340 e. The van der Waals surface area contributed by atoms with Gasteiger partial charge in [0.15, 0.2) is 0 Å². The van der Waals surface area contributed by atoms with Crippen molar-refractivity contribution in [1.29, 1.82) is 0 Å². The summed E-state index contributed by atoms with van der Waals surface area (Å²) in [5, 5.41) is 0. The van der Waals surface area contributed by atoms with Gasteiger partial charge in [-0.05, 0) is 19.1 Å². The summed E-state index contributed by atoms with van der Waals surface area (Å²) in [5.41, 5.74) is 0.876. The van der Waals surface area contributed by atoms with E-state index in [1.54, 1.807) is 29.4 Å². The Morgan fingerprint density at radius 1 is 1.44 bits per heavy atom. The maximum absolute atomic E-state index is 11.7. The standard InChI is InChI=1S/C13H18N2O3/c1-5-18-11-8-6-7-10(13(16)17-4)12(11)14-9-15(2)3/h6-9H,5H2,1-4H3. The van der Waals surface area contributed by atoms with Crippen molar-refractivity contribution in [3.63, 3.8) is 0 Å².